The maximum Gasteiger partial charge on any atom is 0.143 e. The van der Waals surface area contributed by atoms with E-state index in [1.807, 2.05) is 71.2 Å². The van der Waals surface area contributed by atoms with Gasteiger partial charge in [-0.3, -0.25) is 0 Å². The molecule has 0 spiro atoms. The quantitative estimate of drug-likeness (QED) is 0.691. The Balaban J connectivity index is 1.70. The van der Waals surface area contributed by atoms with Gasteiger partial charge in [-0.25, -0.2) is 10.0 Å². The SMILES string of the molecule is CCCCC1N(N=Cc2ccccc2)C=CN1N=Cc1ccccc1. The number of hydrogen-bond donors (Lipinski definition) is 0. The molecule has 128 valence electrons. The molecule has 0 saturated heterocycles. The van der Waals surface area contributed by atoms with Gasteiger partial charge in [0, 0.05) is 12.4 Å². The van der Waals surface area contributed by atoms with Gasteiger partial charge >= 0.3 is 0 Å². The second kappa shape index (κ2) is 8.83. The molecule has 0 fully saturated rings. The largest absolute Gasteiger partial charge is 0.247 e. The predicted octanol–water partition coefficient (Wildman–Crippen LogP) is 4.66. The molecular weight excluding hydrogens is 308 g/mol. The monoisotopic (exact) mass is 332 g/mol. The first-order valence-corrected chi connectivity index (χ1v) is 8.80. The molecule has 1 aliphatic heterocycles. The number of nitrogens with zero attached hydrogens (tertiary/aromatic N) is 4. The second-order valence-electron chi connectivity index (χ2n) is 5.99. The Bertz CT molecular complexity index is 663. The molecule has 0 bridgehead atoms. The van der Waals surface area contributed by atoms with Crippen LogP contribution in [-0.2, 0) is 0 Å². The number of rotatable bonds is 7. The van der Waals surface area contributed by atoms with Gasteiger partial charge in [0.15, 0.2) is 0 Å². The van der Waals surface area contributed by atoms with Crippen LogP contribution in [-0.4, -0.2) is 28.6 Å². The number of hydrogen-bond acceptors (Lipinski definition) is 4. The van der Waals surface area contributed by atoms with Crippen molar-refractivity contribution in [1.29, 1.82) is 0 Å². The summed E-state index contributed by atoms with van der Waals surface area (Å²) in [7, 11) is 0. The zero-order valence-corrected chi connectivity index (χ0v) is 14.6. The minimum Gasteiger partial charge on any atom is -0.247 e. The lowest BCUT2D eigenvalue weighted by molar-refractivity contribution is 0.149. The molecule has 3 rings (SSSR count). The molecule has 1 aliphatic rings. The summed E-state index contributed by atoms with van der Waals surface area (Å²) >= 11 is 0. The van der Waals surface area contributed by atoms with Crippen molar-refractivity contribution < 1.29 is 0 Å². The molecule has 0 atom stereocenters. The topological polar surface area (TPSA) is 31.2 Å². The molecule has 2 aromatic carbocycles. The van der Waals surface area contributed by atoms with Crippen LogP contribution in [0.5, 0.6) is 0 Å². The van der Waals surface area contributed by atoms with Crippen LogP contribution in [0.2, 0.25) is 0 Å². The summed E-state index contributed by atoms with van der Waals surface area (Å²) in [5, 5.41) is 13.3. The fraction of sp³-hybridized carbons (Fsp3) is 0.238. The average Bonchev–Trinajstić information content (AvgIpc) is 3.06. The molecular formula is C21H24N4. The van der Waals surface area contributed by atoms with E-state index in [9.17, 15) is 0 Å². The Morgan fingerprint density at radius 2 is 1.28 bits per heavy atom. The molecule has 0 radical (unpaired) electrons. The highest BCUT2D eigenvalue weighted by atomic mass is 15.6. The zero-order valence-electron chi connectivity index (χ0n) is 14.6. The van der Waals surface area contributed by atoms with Gasteiger partial charge < -0.3 is 0 Å². The summed E-state index contributed by atoms with van der Waals surface area (Å²) in [6.07, 6.45) is 11.2. The van der Waals surface area contributed by atoms with Crippen molar-refractivity contribution in [2.45, 2.75) is 32.4 Å². The normalized spacial score (nSPS) is 17.2. The zero-order chi connectivity index (χ0) is 17.3. The van der Waals surface area contributed by atoms with Gasteiger partial charge in [-0.1, -0.05) is 74.0 Å². The number of hydrazone groups is 2. The molecule has 0 amide bonds. The van der Waals surface area contributed by atoms with Crippen LogP contribution >= 0.6 is 0 Å². The van der Waals surface area contributed by atoms with E-state index >= 15 is 0 Å². The van der Waals surface area contributed by atoms with Gasteiger partial charge in [-0.15, -0.1) is 0 Å². The van der Waals surface area contributed by atoms with Gasteiger partial charge in [0.25, 0.3) is 0 Å². The highest BCUT2D eigenvalue weighted by Gasteiger charge is 2.25. The fourth-order valence-electron chi connectivity index (χ4n) is 2.68. The molecule has 25 heavy (non-hydrogen) atoms. The number of benzene rings is 2. The van der Waals surface area contributed by atoms with E-state index in [0.29, 0.717) is 0 Å². The first-order valence-electron chi connectivity index (χ1n) is 8.80. The van der Waals surface area contributed by atoms with Gasteiger partial charge in [-0.05, 0) is 24.0 Å². The number of unbranched alkanes of at least 4 members (excludes halogenated alkanes) is 1. The van der Waals surface area contributed by atoms with Crippen molar-refractivity contribution in [3.63, 3.8) is 0 Å². The molecule has 2 aromatic rings. The maximum absolute atomic E-state index is 4.64. The van der Waals surface area contributed by atoms with Gasteiger partial charge in [0.2, 0.25) is 0 Å². The van der Waals surface area contributed by atoms with Crippen LogP contribution in [0.3, 0.4) is 0 Å². The van der Waals surface area contributed by atoms with E-state index in [0.717, 1.165) is 30.4 Å². The van der Waals surface area contributed by atoms with E-state index in [2.05, 4.69) is 41.4 Å². The van der Waals surface area contributed by atoms with Crippen LogP contribution in [0, 0.1) is 0 Å². The van der Waals surface area contributed by atoms with E-state index in [4.69, 9.17) is 0 Å². The third-order valence-corrected chi connectivity index (χ3v) is 4.08. The van der Waals surface area contributed by atoms with E-state index in [1.165, 1.54) is 0 Å². The van der Waals surface area contributed by atoms with Gasteiger partial charge in [0.05, 0.1) is 12.4 Å². The van der Waals surface area contributed by atoms with Crippen molar-refractivity contribution in [2.75, 3.05) is 0 Å². The molecule has 4 heteroatoms. The van der Waals surface area contributed by atoms with Crippen LogP contribution < -0.4 is 0 Å². The minimum atomic E-state index is 0.125. The Morgan fingerprint density at radius 3 is 1.72 bits per heavy atom. The van der Waals surface area contributed by atoms with Crippen molar-refractivity contribution in [2.24, 2.45) is 10.2 Å². The maximum atomic E-state index is 4.64. The van der Waals surface area contributed by atoms with Crippen molar-refractivity contribution in [1.82, 2.24) is 10.0 Å². The lowest BCUT2D eigenvalue weighted by Gasteiger charge is -2.26. The summed E-state index contributed by atoms with van der Waals surface area (Å²) in [5.74, 6) is 0. The first kappa shape index (κ1) is 17.0. The van der Waals surface area contributed by atoms with Gasteiger partial charge in [-0.2, -0.15) is 10.2 Å². The first-order chi connectivity index (χ1) is 12.4. The predicted molar refractivity (Wildman–Crippen MR) is 104 cm³/mol. The van der Waals surface area contributed by atoms with Crippen molar-refractivity contribution >= 4 is 12.4 Å². The van der Waals surface area contributed by atoms with Crippen molar-refractivity contribution in [3.8, 4) is 0 Å². The fourth-order valence-corrected chi connectivity index (χ4v) is 2.68. The second-order valence-corrected chi connectivity index (χ2v) is 5.99. The third kappa shape index (κ3) is 4.80. The smallest absolute Gasteiger partial charge is 0.143 e. The van der Waals surface area contributed by atoms with E-state index in [1.54, 1.807) is 0 Å². The van der Waals surface area contributed by atoms with E-state index < -0.39 is 0 Å². The highest BCUT2D eigenvalue weighted by Crippen LogP contribution is 2.21. The Morgan fingerprint density at radius 1 is 0.800 bits per heavy atom. The summed E-state index contributed by atoms with van der Waals surface area (Å²) in [6, 6.07) is 20.3. The Hall–Kier alpha value is -2.88. The van der Waals surface area contributed by atoms with Crippen LogP contribution in [0.25, 0.3) is 0 Å². The van der Waals surface area contributed by atoms with Gasteiger partial charge in [0.1, 0.15) is 6.17 Å². The molecule has 0 aromatic heterocycles. The average molecular weight is 332 g/mol. The lowest BCUT2D eigenvalue weighted by atomic mass is 10.2. The summed E-state index contributed by atoms with van der Waals surface area (Å²) in [6.45, 7) is 2.21. The van der Waals surface area contributed by atoms with E-state index in [-0.39, 0.29) is 6.17 Å². The van der Waals surface area contributed by atoms with Crippen LogP contribution in [0.15, 0.2) is 83.3 Å². The molecule has 4 nitrogen and oxygen atoms in total. The standard InChI is InChI=1S/C21H24N4/c1-2-3-14-21-24(22-17-19-10-6-4-7-11-19)15-16-25(21)23-18-20-12-8-5-9-13-20/h4-13,15-18,21H,2-3,14H2,1H3. The Labute approximate surface area is 149 Å². The molecule has 0 saturated carbocycles. The third-order valence-electron chi connectivity index (χ3n) is 4.08. The minimum absolute atomic E-state index is 0.125. The molecule has 0 aliphatic carbocycles. The Kier molecular flexibility index (Phi) is 5.99. The van der Waals surface area contributed by atoms with Crippen LogP contribution in [0.4, 0.5) is 0 Å². The molecule has 0 unspecified atom stereocenters. The summed E-state index contributed by atoms with van der Waals surface area (Å²) in [5.41, 5.74) is 2.19. The lowest BCUT2D eigenvalue weighted by Crippen LogP contribution is -2.33. The van der Waals surface area contributed by atoms with Crippen molar-refractivity contribution in [3.05, 3.63) is 84.2 Å². The molecule has 1 heterocycles. The molecule has 0 N–H and O–H groups in total. The van der Waals surface area contributed by atoms with Crippen LogP contribution in [0.1, 0.15) is 37.3 Å². The highest BCUT2D eigenvalue weighted by molar-refractivity contribution is 5.79. The summed E-state index contributed by atoms with van der Waals surface area (Å²) in [4.78, 5) is 0. The summed E-state index contributed by atoms with van der Waals surface area (Å²) < 4.78 is 0.